The number of nitrogens with one attached hydrogen (secondary N) is 1. The molecule has 154 valence electrons. The maximum atomic E-state index is 14.8. The van der Waals surface area contributed by atoms with Gasteiger partial charge in [-0.3, -0.25) is 0 Å². The molecule has 0 spiro atoms. The number of hydrogen-bond acceptors (Lipinski definition) is 6. The van der Waals surface area contributed by atoms with E-state index in [2.05, 4.69) is 15.3 Å². The third-order valence-electron chi connectivity index (χ3n) is 4.87. The van der Waals surface area contributed by atoms with Gasteiger partial charge in [0.2, 0.25) is 5.95 Å². The molecule has 4 rings (SSSR count). The smallest absolute Gasteiger partial charge is 0.227 e. The van der Waals surface area contributed by atoms with Crippen LogP contribution in [-0.4, -0.2) is 15.1 Å². The number of nitrogens with zero attached hydrogens (tertiary/aromatic N) is 4. The molecule has 1 heterocycles. The second-order valence-electron chi connectivity index (χ2n) is 6.95. The van der Waals surface area contributed by atoms with Crippen molar-refractivity contribution in [2.75, 3.05) is 5.32 Å². The van der Waals surface area contributed by atoms with E-state index in [1.165, 1.54) is 24.4 Å². The summed E-state index contributed by atoms with van der Waals surface area (Å²) in [6, 6.07) is 23.7. The predicted octanol–water partition coefficient (Wildman–Crippen LogP) is 4.85. The molecule has 0 aliphatic carbocycles. The van der Waals surface area contributed by atoms with Crippen molar-refractivity contribution in [2.45, 2.75) is 6.10 Å². The van der Waals surface area contributed by atoms with Crippen LogP contribution in [0.3, 0.4) is 0 Å². The van der Waals surface area contributed by atoms with Gasteiger partial charge in [-0.15, -0.1) is 0 Å². The first-order valence-electron chi connectivity index (χ1n) is 9.65. The fraction of sp³-hybridized carbons (Fsp3) is 0.0400. The highest BCUT2D eigenvalue weighted by molar-refractivity contribution is 5.65. The highest BCUT2D eigenvalue weighted by atomic mass is 19.1. The van der Waals surface area contributed by atoms with E-state index in [0.29, 0.717) is 22.4 Å². The topological polar surface area (TPSA) is 106 Å². The fourth-order valence-electron chi connectivity index (χ4n) is 3.17. The molecular formula is C25H16FN5O. The largest absolute Gasteiger partial charge is 0.382 e. The van der Waals surface area contributed by atoms with E-state index in [1.807, 2.05) is 12.1 Å². The molecule has 0 radical (unpaired) electrons. The van der Waals surface area contributed by atoms with Crippen LogP contribution in [0.25, 0.3) is 11.1 Å². The van der Waals surface area contributed by atoms with Crippen molar-refractivity contribution in [2.24, 2.45) is 0 Å². The molecule has 3 aromatic carbocycles. The lowest BCUT2D eigenvalue weighted by atomic mass is 9.99. The summed E-state index contributed by atoms with van der Waals surface area (Å²) in [5.74, 6) is -0.333. The first kappa shape index (κ1) is 20.7. The minimum Gasteiger partial charge on any atom is -0.382 e. The Morgan fingerprint density at radius 1 is 0.844 bits per heavy atom. The molecule has 0 aliphatic rings. The molecule has 6 nitrogen and oxygen atoms in total. The highest BCUT2D eigenvalue weighted by Gasteiger charge is 2.18. The molecule has 1 atom stereocenters. The molecule has 32 heavy (non-hydrogen) atoms. The van der Waals surface area contributed by atoms with Gasteiger partial charge in [-0.2, -0.15) is 10.5 Å². The number of benzene rings is 3. The molecule has 0 unspecified atom stereocenters. The molecule has 4 aromatic rings. The number of anilines is 2. The molecular weight excluding hydrogens is 405 g/mol. The number of rotatable bonds is 5. The molecule has 0 bridgehead atoms. The zero-order valence-corrected chi connectivity index (χ0v) is 16.7. The standard InChI is InChI=1S/C25H16FN5O/c26-22-13-19(18-5-1-16(14-27)2-6-18)7-10-21(22)24(32)23-11-12-29-25(31-23)30-20-8-3-17(15-28)4-9-20/h1-13,24,32H,(H,29,30,31)/t24-/m0/s1. The van der Waals surface area contributed by atoms with Crippen molar-refractivity contribution < 1.29 is 9.50 Å². The molecule has 0 saturated carbocycles. The molecule has 2 N–H and O–H groups in total. The van der Waals surface area contributed by atoms with Gasteiger partial charge < -0.3 is 10.4 Å². The summed E-state index contributed by atoms with van der Waals surface area (Å²) < 4.78 is 14.8. The lowest BCUT2D eigenvalue weighted by Gasteiger charge is -2.14. The third-order valence-corrected chi connectivity index (χ3v) is 4.87. The Labute approximate surface area is 183 Å². The number of halogens is 1. The first-order valence-corrected chi connectivity index (χ1v) is 9.65. The zero-order valence-electron chi connectivity index (χ0n) is 16.7. The average Bonchev–Trinajstić information content (AvgIpc) is 2.84. The highest BCUT2D eigenvalue weighted by Crippen LogP contribution is 2.28. The van der Waals surface area contributed by atoms with Crippen LogP contribution in [0.2, 0.25) is 0 Å². The van der Waals surface area contributed by atoms with Gasteiger partial charge in [0.05, 0.1) is 29.0 Å². The van der Waals surface area contributed by atoms with Gasteiger partial charge in [-0.25, -0.2) is 14.4 Å². The van der Waals surface area contributed by atoms with Crippen LogP contribution in [-0.2, 0) is 0 Å². The quantitative estimate of drug-likeness (QED) is 0.477. The van der Waals surface area contributed by atoms with Crippen LogP contribution in [0.4, 0.5) is 16.0 Å². The minimum atomic E-state index is -1.28. The van der Waals surface area contributed by atoms with E-state index in [4.69, 9.17) is 10.5 Å². The summed E-state index contributed by atoms with van der Waals surface area (Å²) in [4.78, 5) is 8.42. The lowest BCUT2D eigenvalue weighted by molar-refractivity contribution is 0.210. The second kappa shape index (κ2) is 9.05. The Morgan fingerprint density at radius 3 is 2.09 bits per heavy atom. The molecule has 7 heteroatoms. The molecule has 0 amide bonds. The van der Waals surface area contributed by atoms with E-state index < -0.39 is 11.9 Å². The SMILES string of the molecule is N#Cc1ccc(Nc2nccc([C@@H](O)c3ccc(-c4ccc(C#N)cc4)cc3F)n2)cc1. The number of aromatic nitrogens is 2. The van der Waals surface area contributed by atoms with Gasteiger partial charge in [-0.05, 0) is 59.7 Å². The van der Waals surface area contributed by atoms with Crippen molar-refractivity contribution in [1.29, 1.82) is 10.5 Å². The van der Waals surface area contributed by atoms with Crippen molar-refractivity contribution in [1.82, 2.24) is 9.97 Å². The van der Waals surface area contributed by atoms with E-state index in [-0.39, 0.29) is 17.2 Å². The minimum absolute atomic E-state index is 0.0884. The Morgan fingerprint density at radius 2 is 1.47 bits per heavy atom. The maximum absolute atomic E-state index is 14.8. The van der Waals surface area contributed by atoms with Gasteiger partial charge in [0, 0.05) is 17.4 Å². The van der Waals surface area contributed by atoms with Crippen LogP contribution in [0.1, 0.15) is 28.5 Å². The normalized spacial score (nSPS) is 11.2. The summed E-state index contributed by atoms with van der Waals surface area (Å²) >= 11 is 0. The van der Waals surface area contributed by atoms with Gasteiger partial charge in [0.25, 0.3) is 0 Å². The van der Waals surface area contributed by atoms with Crippen LogP contribution in [0.15, 0.2) is 79.0 Å². The zero-order chi connectivity index (χ0) is 22.5. The van der Waals surface area contributed by atoms with Crippen molar-refractivity contribution in [3.8, 4) is 23.3 Å². The monoisotopic (exact) mass is 421 g/mol. The first-order chi connectivity index (χ1) is 15.6. The van der Waals surface area contributed by atoms with Crippen LogP contribution >= 0.6 is 0 Å². The number of hydrogen-bond donors (Lipinski definition) is 2. The summed E-state index contributed by atoms with van der Waals surface area (Å²) in [5.41, 5.74) is 3.45. The van der Waals surface area contributed by atoms with Gasteiger partial charge in [-0.1, -0.05) is 24.3 Å². The van der Waals surface area contributed by atoms with Gasteiger partial charge in [0.15, 0.2) is 0 Å². The van der Waals surface area contributed by atoms with E-state index in [1.54, 1.807) is 54.6 Å². The molecule has 0 fully saturated rings. The molecule has 0 saturated heterocycles. The Hall–Kier alpha value is -4.59. The number of aliphatic hydroxyl groups excluding tert-OH is 1. The lowest BCUT2D eigenvalue weighted by Crippen LogP contribution is -2.07. The summed E-state index contributed by atoms with van der Waals surface area (Å²) in [7, 11) is 0. The summed E-state index contributed by atoms with van der Waals surface area (Å²) in [6.45, 7) is 0. The Kier molecular flexibility index (Phi) is 5.85. The molecule has 0 aliphatic heterocycles. The number of nitriles is 2. The predicted molar refractivity (Wildman–Crippen MR) is 117 cm³/mol. The van der Waals surface area contributed by atoms with Crippen molar-refractivity contribution >= 4 is 11.6 Å². The van der Waals surface area contributed by atoms with E-state index >= 15 is 0 Å². The van der Waals surface area contributed by atoms with Crippen LogP contribution < -0.4 is 5.32 Å². The van der Waals surface area contributed by atoms with E-state index in [9.17, 15) is 9.50 Å². The summed E-state index contributed by atoms with van der Waals surface area (Å²) in [6.07, 6.45) is 0.190. The van der Waals surface area contributed by atoms with Gasteiger partial charge in [0.1, 0.15) is 11.9 Å². The van der Waals surface area contributed by atoms with Gasteiger partial charge >= 0.3 is 0 Å². The summed E-state index contributed by atoms with van der Waals surface area (Å²) in [5, 5.41) is 31.5. The third kappa shape index (κ3) is 4.44. The van der Waals surface area contributed by atoms with Crippen molar-refractivity contribution in [3.63, 3.8) is 0 Å². The molecule has 1 aromatic heterocycles. The Balaban J connectivity index is 1.55. The maximum Gasteiger partial charge on any atom is 0.227 e. The van der Waals surface area contributed by atoms with Crippen molar-refractivity contribution in [3.05, 3.63) is 107 Å². The van der Waals surface area contributed by atoms with Crippen LogP contribution in [0, 0.1) is 28.5 Å². The average molecular weight is 421 g/mol. The fourth-order valence-corrected chi connectivity index (χ4v) is 3.17. The second-order valence-corrected chi connectivity index (χ2v) is 6.95. The van der Waals surface area contributed by atoms with Crippen LogP contribution in [0.5, 0.6) is 0 Å². The Bertz CT molecular complexity index is 1340. The van der Waals surface area contributed by atoms with E-state index in [0.717, 1.165) is 5.56 Å². The number of aliphatic hydroxyl groups is 1.